The largest absolute Gasteiger partial charge is 0.494 e. The van der Waals surface area contributed by atoms with E-state index in [1.165, 1.54) is 0 Å². The summed E-state index contributed by atoms with van der Waals surface area (Å²) >= 11 is 0. The average molecular weight is 413 g/mol. The van der Waals surface area contributed by atoms with E-state index in [2.05, 4.69) is 20.6 Å². The molecule has 0 unspecified atom stereocenters. The van der Waals surface area contributed by atoms with Gasteiger partial charge in [-0.1, -0.05) is 35.5 Å². The second kappa shape index (κ2) is 9.21. The van der Waals surface area contributed by atoms with Gasteiger partial charge in [0.1, 0.15) is 11.4 Å². The first kappa shape index (κ1) is 20.3. The van der Waals surface area contributed by atoms with Gasteiger partial charge in [-0.15, -0.1) is 5.10 Å². The third kappa shape index (κ3) is 4.45. The van der Waals surface area contributed by atoms with Gasteiger partial charge in [-0.2, -0.15) is 0 Å². The fourth-order valence-electron chi connectivity index (χ4n) is 3.31. The fourth-order valence-corrected chi connectivity index (χ4v) is 3.31. The summed E-state index contributed by atoms with van der Waals surface area (Å²) in [5.41, 5.74) is 4.57. The van der Waals surface area contributed by atoms with Crippen LogP contribution in [0.3, 0.4) is 0 Å². The SMILES string of the molecule is CCOc1ccc(CNC(=O)c2nnn(-c3ccccc3C)c2-c2ccncc2)cc1. The summed E-state index contributed by atoms with van der Waals surface area (Å²) in [6.45, 7) is 4.93. The first-order valence-electron chi connectivity index (χ1n) is 10.1. The molecule has 0 aliphatic carbocycles. The second-order valence-electron chi connectivity index (χ2n) is 6.98. The summed E-state index contributed by atoms with van der Waals surface area (Å²) in [4.78, 5) is 17.1. The van der Waals surface area contributed by atoms with Crippen molar-refractivity contribution in [3.05, 3.63) is 89.9 Å². The molecule has 0 radical (unpaired) electrons. The molecule has 31 heavy (non-hydrogen) atoms. The van der Waals surface area contributed by atoms with Gasteiger partial charge in [-0.3, -0.25) is 9.78 Å². The van der Waals surface area contributed by atoms with Crippen LogP contribution in [0.4, 0.5) is 0 Å². The summed E-state index contributed by atoms with van der Waals surface area (Å²) in [5, 5.41) is 11.5. The summed E-state index contributed by atoms with van der Waals surface area (Å²) in [6.07, 6.45) is 3.37. The molecule has 0 aliphatic rings. The number of aryl methyl sites for hydroxylation is 1. The molecule has 2 aromatic heterocycles. The van der Waals surface area contributed by atoms with Crippen molar-refractivity contribution in [1.82, 2.24) is 25.3 Å². The van der Waals surface area contributed by atoms with Gasteiger partial charge in [0.25, 0.3) is 5.91 Å². The number of pyridine rings is 1. The molecule has 2 aromatic carbocycles. The fraction of sp³-hybridized carbons (Fsp3) is 0.167. The molecular weight excluding hydrogens is 390 g/mol. The number of aromatic nitrogens is 4. The van der Waals surface area contributed by atoms with E-state index in [0.717, 1.165) is 28.1 Å². The smallest absolute Gasteiger partial charge is 0.274 e. The van der Waals surface area contributed by atoms with Crippen molar-refractivity contribution >= 4 is 5.91 Å². The number of benzene rings is 2. The molecule has 0 bridgehead atoms. The molecule has 0 spiro atoms. The van der Waals surface area contributed by atoms with E-state index in [9.17, 15) is 4.79 Å². The van der Waals surface area contributed by atoms with Crippen molar-refractivity contribution in [1.29, 1.82) is 0 Å². The van der Waals surface area contributed by atoms with Crippen molar-refractivity contribution < 1.29 is 9.53 Å². The standard InChI is InChI=1S/C24H23N5O2/c1-3-31-20-10-8-18(9-11-20)16-26-24(30)22-23(19-12-14-25-15-13-19)29(28-27-22)21-7-5-4-6-17(21)2/h4-15H,3,16H2,1-2H3,(H,26,30). The summed E-state index contributed by atoms with van der Waals surface area (Å²) in [6, 6.07) is 19.2. The number of amides is 1. The summed E-state index contributed by atoms with van der Waals surface area (Å²) in [7, 11) is 0. The number of nitrogens with zero attached hydrogens (tertiary/aromatic N) is 4. The van der Waals surface area contributed by atoms with Gasteiger partial charge in [0.05, 0.1) is 12.3 Å². The Morgan fingerprint density at radius 2 is 1.77 bits per heavy atom. The topological polar surface area (TPSA) is 81.9 Å². The van der Waals surface area contributed by atoms with Crippen LogP contribution >= 0.6 is 0 Å². The van der Waals surface area contributed by atoms with Gasteiger partial charge < -0.3 is 10.1 Å². The minimum atomic E-state index is -0.291. The lowest BCUT2D eigenvalue weighted by Crippen LogP contribution is -2.24. The maximum absolute atomic E-state index is 13.0. The molecule has 0 saturated heterocycles. The molecule has 1 N–H and O–H groups in total. The van der Waals surface area contributed by atoms with Crippen LogP contribution < -0.4 is 10.1 Å². The highest BCUT2D eigenvalue weighted by molar-refractivity contribution is 5.98. The molecule has 4 rings (SSSR count). The van der Waals surface area contributed by atoms with Crippen LogP contribution in [0.5, 0.6) is 5.75 Å². The highest BCUT2D eigenvalue weighted by Gasteiger charge is 2.22. The van der Waals surface area contributed by atoms with E-state index >= 15 is 0 Å². The Kier molecular flexibility index (Phi) is 6.03. The number of hydrogen-bond acceptors (Lipinski definition) is 5. The highest BCUT2D eigenvalue weighted by Crippen LogP contribution is 2.26. The monoisotopic (exact) mass is 413 g/mol. The minimum Gasteiger partial charge on any atom is -0.494 e. The Morgan fingerprint density at radius 3 is 2.48 bits per heavy atom. The number of hydrogen-bond donors (Lipinski definition) is 1. The molecular formula is C24H23N5O2. The van der Waals surface area contributed by atoms with Crippen LogP contribution in [0, 0.1) is 6.92 Å². The lowest BCUT2D eigenvalue weighted by molar-refractivity contribution is 0.0946. The summed E-state index contributed by atoms with van der Waals surface area (Å²) < 4.78 is 7.17. The zero-order valence-corrected chi connectivity index (χ0v) is 17.4. The molecule has 4 aromatic rings. The van der Waals surface area contributed by atoms with Crippen LogP contribution in [-0.2, 0) is 6.54 Å². The van der Waals surface area contributed by atoms with Crippen LogP contribution in [0.25, 0.3) is 16.9 Å². The van der Waals surface area contributed by atoms with E-state index in [1.807, 2.05) is 74.5 Å². The Labute approximate surface area is 180 Å². The van der Waals surface area contributed by atoms with Gasteiger partial charge in [-0.25, -0.2) is 4.68 Å². The molecule has 7 heteroatoms. The third-order valence-electron chi connectivity index (χ3n) is 4.87. The Hall–Kier alpha value is -4.00. The molecule has 2 heterocycles. The lowest BCUT2D eigenvalue weighted by Gasteiger charge is -2.11. The van der Waals surface area contributed by atoms with Crippen molar-refractivity contribution in [2.24, 2.45) is 0 Å². The average Bonchev–Trinajstić information content (AvgIpc) is 3.24. The predicted molar refractivity (Wildman–Crippen MR) is 118 cm³/mol. The molecule has 156 valence electrons. The van der Waals surface area contributed by atoms with Gasteiger partial charge in [0.2, 0.25) is 0 Å². The number of para-hydroxylation sites is 1. The van der Waals surface area contributed by atoms with Gasteiger partial charge in [-0.05, 0) is 55.3 Å². The third-order valence-corrected chi connectivity index (χ3v) is 4.87. The maximum atomic E-state index is 13.0. The van der Waals surface area contributed by atoms with Crippen molar-refractivity contribution in [2.45, 2.75) is 20.4 Å². The van der Waals surface area contributed by atoms with Gasteiger partial charge >= 0.3 is 0 Å². The Morgan fingerprint density at radius 1 is 1.03 bits per heavy atom. The Balaban J connectivity index is 1.63. The molecule has 0 aliphatic heterocycles. The highest BCUT2D eigenvalue weighted by atomic mass is 16.5. The van der Waals surface area contributed by atoms with Gasteiger partial charge in [0.15, 0.2) is 5.69 Å². The maximum Gasteiger partial charge on any atom is 0.274 e. The van der Waals surface area contributed by atoms with Crippen molar-refractivity contribution in [2.75, 3.05) is 6.61 Å². The van der Waals surface area contributed by atoms with E-state index in [0.29, 0.717) is 18.8 Å². The number of carbonyl (C=O) groups excluding carboxylic acids is 1. The number of rotatable bonds is 7. The second-order valence-corrected chi connectivity index (χ2v) is 6.98. The number of carbonyl (C=O) groups is 1. The quantitative estimate of drug-likeness (QED) is 0.496. The van der Waals surface area contributed by atoms with E-state index in [4.69, 9.17) is 4.74 Å². The molecule has 0 fully saturated rings. The molecule has 0 saturated carbocycles. The summed E-state index contributed by atoms with van der Waals surface area (Å²) in [5.74, 6) is 0.513. The van der Waals surface area contributed by atoms with Crippen LogP contribution in [-0.4, -0.2) is 32.5 Å². The molecule has 0 atom stereocenters. The Bertz CT molecular complexity index is 1170. The number of ether oxygens (including phenoxy) is 1. The molecule has 7 nitrogen and oxygen atoms in total. The predicted octanol–water partition coefficient (Wildman–Crippen LogP) is 3.97. The van der Waals surface area contributed by atoms with Crippen molar-refractivity contribution in [3.8, 4) is 22.7 Å². The normalized spacial score (nSPS) is 10.6. The first-order valence-corrected chi connectivity index (χ1v) is 10.1. The first-order chi connectivity index (χ1) is 15.2. The molecule has 1 amide bonds. The van der Waals surface area contributed by atoms with E-state index in [-0.39, 0.29) is 11.6 Å². The number of nitrogens with one attached hydrogen (secondary N) is 1. The van der Waals surface area contributed by atoms with Crippen LogP contribution in [0.2, 0.25) is 0 Å². The van der Waals surface area contributed by atoms with E-state index < -0.39 is 0 Å². The zero-order valence-electron chi connectivity index (χ0n) is 17.4. The van der Waals surface area contributed by atoms with Crippen LogP contribution in [0.15, 0.2) is 73.1 Å². The lowest BCUT2D eigenvalue weighted by atomic mass is 10.1. The van der Waals surface area contributed by atoms with Crippen molar-refractivity contribution in [3.63, 3.8) is 0 Å². The zero-order chi connectivity index (χ0) is 21.6. The van der Waals surface area contributed by atoms with E-state index in [1.54, 1.807) is 17.1 Å². The van der Waals surface area contributed by atoms with Gasteiger partial charge in [0, 0.05) is 24.5 Å². The minimum absolute atomic E-state index is 0.264. The van der Waals surface area contributed by atoms with Crippen LogP contribution in [0.1, 0.15) is 28.5 Å².